The molecule has 0 atom stereocenters. The van der Waals surface area contributed by atoms with Crippen LogP contribution in [0.2, 0.25) is 0 Å². The number of para-hydroxylation sites is 4. The molecule has 0 radical (unpaired) electrons. The fourth-order valence-electron chi connectivity index (χ4n) is 8.29. The molecule has 4 heteroatoms. The monoisotopic (exact) mass is 744 g/mol. The van der Waals surface area contributed by atoms with Gasteiger partial charge in [0.2, 0.25) is 0 Å². The highest BCUT2D eigenvalue weighted by molar-refractivity contribution is 6.14. The number of benzene rings is 9. The van der Waals surface area contributed by atoms with Crippen LogP contribution in [0.5, 0.6) is 0 Å². The molecule has 4 nitrogen and oxygen atoms in total. The number of nitrogens with zero attached hydrogens (tertiary/aromatic N) is 2. The van der Waals surface area contributed by atoms with E-state index >= 15 is 0 Å². The van der Waals surface area contributed by atoms with Crippen molar-refractivity contribution in [2.45, 2.75) is 0 Å². The molecule has 0 amide bonds. The van der Waals surface area contributed by atoms with Gasteiger partial charge in [-0.25, -0.2) is 0 Å². The zero-order valence-corrected chi connectivity index (χ0v) is 31.5. The van der Waals surface area contributed by atoms with Crippen molar-refractivity contribution in [1.82, 2.24) is 0 Å². The van der Waals surface area contributed by atoms with Gasteiger partial charge in [0.1, 0.15) is 11.2 Å². The zero-order valence-electron chi connectivity index (χ0n) is 31.5. The lowest BCUT2D eigenvalue weighted by Gasteiger charge is -2.28. The van der Waals surface area contributed by atoms with Crippen LogP contribution in [0.1, 0.15) is 0 Å². The molecular weight excluding hydrogens is 709 g/mol. The van der Waals surface area contributed by atoms with E-state index < -0.39 is 0 Å². The summed E-state index contributed by atoms with van der Waals surface area (Å²) >= 11 is 0. The van der Waals surface area contributed by atoms with Gasteiger partial charge in [-0.2, -0.15) is 0 Å². The molecule has 0 aliphatic heterocycles. The first-order valence-electron chi connectivity index (χ1n) is 19.6. The lowest BCUT2D eigenvalue weighted by molar-refractivity contribution is 0.666. The normalized spacial score (nSPS) is 11.4. The SMILES string of the molecule is c1ccc(-c2ccc(N(c3ccc(-c4ccccc4)cc3)c3ccc(N(c4cccc5c4oc4ccccc45)c4cccc5c4oc4ccccc45)cc3)cc2)cc1. The summed E-state index contributed by atoms with van der Waals surface area (Å²) in [6.45, 7) is 0. The molecule has 0 bridgehead atoms. The van der Waals surface area contributed by atoms with E-state index in [-0.39, 0.29) is 0 Å². The van der Waals surface area contributed by atoms with Crippen LogP contribution in [0.3, 0.4) is 0 Å². The van der Waals surface area contributed by atoms with Crippen molar-refractivity contribution in [1.29, 1.82) is 0 Å². The molecule has 0 spiro atoms. The second-order valence-electron chi connectivity index (χ2n) is 14.5. The Labute approximate surface area is 336 Å². The van der Waals surface area contributed by atoms with Crippen LogP contribution in [-0.2, 0) is 0 Å². The van der Waals surface area contributed by atoms with Gasteiger partial charge in [0.05, 0.1) is 11.4 Å². The molecule has 11 rings (SSSR count). The maximum atomic E-state index is 6.66. The summed E-state index contributed by atoms with van der Waals surface area (Å²) in [5.41, 5.74) is 14.1. The van der Waals surface area contributed by atoms with Crippen LogP contribution in [-0.4, -0.2) is 0 Å². The Morgan fingerprint density at radius 3 is 1.00 bits per heavy atom. The Morgan fingerprint density at radius 2 is 0.569 bits per heavy atom. The molecule has 0 aliphatic carbocycles. The van der Waals surface area contributed by atoms with E-state index in [1.165, 1.54) is 22.3 Å². The van der Waals surface area contributed by atoms with Crippen molar-refractivity contribution < 1.29 is 8.83 Å². The fourth-order valence-corrected chi connectivity index (χ4v) is 8.29. The van der Waals surface area contributed by atoms with Gasteiger partial charge in [0.25, 0.3) is 0 Å². The zero-order chi connectivity index (χ0) is 38.4. The van der Waals surface area contributed by atoms with E-state index in [0.717, 1.165) is 78.0 Å². The van der Waals surface area contributed by atoms with E-state index in [1.807, 2.05) is 24.3 Å². The smallest absolute Gasteiger partial charge is 0.159 e. The van der Waals surface area contributed by atoms with Crippen molar-refractivity contribution in [2.24, 2.45) is 0 Å². The molecule has 0 aliphatic rings. The number of rotatable bonds is 8. The van der Waals surface area contributed by atoms with Crippen molar-refractivity contribution in [3.05, 3.63) is 218 Å². The van der Waals surface area contributed by atoms with Crippen LogP contribution in [0.4, 0.5) is 34.1 Å². The number of fused-ring (bicyclic) bond motifs is 6. The highest BCUT2D eigenvalue weighted by atomic mass is 16.3. The van der Waals surface area contributed by atoms with Gasteiger partial charge in [0, 0.05) is 44.3 Å². The lowest BCUT2D eigenvalue weighted by atomic mass is 10.0. The minimum Gasteiger partial charge on any atom is -0.454 e. The van der Waals surface area contributed by atoms with Crippen molar-refractivity contribution >= 4 is 78.0 Å². The molecule has 0 N–H and O–H groups in total. The first-order valence-corrected chi connectivity index (χ1v) is 19.6. The van der Waals surface area contributed by atoms with Crippen LogP contribution < -0.4 is 9.80 Å². The van der Waals surface area contributed by atoms with Crippen LogP contribution in [0.25, 0.3) is 66.1 Å². The van der Waals surface area contributed by atoms with Gasteiger partial charge < -0.3 is 18.6 Å². The molecule has 0 saturated carbocycles. The van der Waals surface area contributed by atoms with Crippen LogP contribution in [0, 0.1) is 0 Å². The van der Waals surface area contributed by atoms with Gasteiger partial charge >= 0.3 is 0 Å². The largest absolute Gasteiger partial charge is 0.454 e. The molecule has 0 saturated heterocycles. The number of hydrogen-bond acceptors (Lipinski definition) is 4. The standard InChI is InChI=1S/C54H36N2O2/c1-3-13-37(14-4-1)39-25-29-41(30-26-39)55(42-31-27-40(28-32-42)38-15-5-2-6-16-38)43-33-35-44(36-34-43)56(49-21-11-19-47-45-17-7-9-23-51(45)57-53(47)49)50-22-12-20-48-46-18-8-10-24-52(46)58-54(48)50/h1-36H. The molecule has 11 aromatic rings. The highest BCUT2D eigenvalue weighted by Gasteiger charge is 2.24. The third-order valence-electron chi connectivity index (χ3n) is 11.1. The van der Waals surface area contributed by atoms with Crippen molar-refractivity contribution in [3.8, 4) is 22.3 Å². The van der Waals surface area contributed by atoms with E-state index in [2.05, 4.69) is 204 Å². The van der Waals surface area contributed by atoms with E-state index in [0.29, 0.717) is 0 Å². The highest BCUT2D eigenvalue weighted by Crippen LogP contribution is 2.47. The second-order valence-corrected chi connectivity index (χ2v) is 14.5. The molecule has 2 heterocycles. The maximum Gasteiger partial charge on any atom is 0.159 e. The van der Waals surface area contributed by atoms with Gasteiger partial charge in [-0.15, -0.1) is 0 Å². The van der Waals surface area contributed by atoms with E-state index in [9.17, 15) is 0 Å². The summed E-state index contributed by atoms with van der Waals surface area (Å²) in [4.78, 5) is 4.59. The minimum atomic E-state index is 0.819. The minimum absolute atomic E-state index is 0.819. The Kier molecular flexibility index (Phi) is 8.11. The average Bonchev–Trinajstić information content (AvgIpc) is 3.88. The summed E-state index contributed by atoms with van der Waals surface area (Å²) in [6.07, 6.45) is 0. The van der Waals surface area contributed by atoms with Gasteiger partial charge in [-0.1, -0.05) is 146 Å². The first kappa shape index (κ1) is 33.5. The van der Waals surface area contributed by atoms with Crippen LogP contribution in [0.15, 0.2) is 227 Å². The predicted octanol–water partition coefficient (Wildman–Crippen LogP) is 15.8. The quantitative estimate of drug-likeness (QED) is 0.155. The van der Waals surface area contributed by atoms with E-state index in [1.54, 1.807) is 0 Å². The lowest BCUT2D eigenvalue weighted by Crippen LogP contribution is -2.12. The predicted molar refractivity (Wildman–Crippen MR) is 241 cm³/mol. The summed E-state index contributed by atoms with van der Waals surface area (Å²) in [5.74, 6) is 0. The summed E-state index contributed by atoms with van der Waals surface area (Å²) in [5, 5.41) is 4.30. The van der Waals surface area contributed by atoms with Crippen molar-refractivity contribution in [3.63, 3.8) is 0 Å². The summed E-state index contributed by atoms with van der Waals surface area (Å²) in [6, 6.07) is 76.7. The Hall–Kier alpha value is -7.82. The van der Waals surface area contributed by atoms with Crippen molar-refractivity contribution in [2.75, 3.05) is 9.80 Å². The first-order chi connectivity index (χ1) is 28.8. The molecule has 58 heavy (non-hydrogen) atoms. The Morgan fingerprint density at radius 1 is 0.241 bits per heavy atom. The number of anilines is 6. The third-order valence-corrected chi connectivity index (χ3v) is 11.1. The van der Waals surface area contributed by atoms with Gasteiger partial charge in [-0.05, 0) is 95.1 Å². The number of furan rings is 2. The molecule has 0 fully saturated rings. The number of hydrogen-bond donors (Lipinski definition) is 0. The maximum absolute atomic E-state index is 6.66. The Bertz CT molecular complexity index is 3010. The average molecular weight is 745 g/mol. The topological polar surface area (TPSA) is 32.8 Å². The second kappa shape index (κ2) is 14.0. The third kappa shape index (κ3) is 5.78. The molecular formula is C54H36N2O2. The molecule has 274 valence electrons. The van der Waals surface area contributed by atoms with E-state index in [4.69, 9.17) is 8.83 Å². The van der Waals surface area contributed by atoms with Gasteiger partial charge in [0.15, 0.2) is 11.2 Å². The van der Waals surface area contributed by atoms with Gasteiger partial charge in [-0.3, -0.25) is 0 Å². The molecule has 2 aromatic heterocycles. The summed E-state index contributed by atoms with van der Waals surface area (Å²) < 4.78 is 13.3. The Balaban J connectivity index is 1.07. The fraction of sp³-hybridized carbons (Fsp3) is 0. The summed E-state index contributed by atoms with van der Waals surface area (Å²) in [7, 11) is 0. The molecule has 9 aromatic carbocycles. The molecule has 0 unspecified atom stereocenters. The van der Waals surface area contributed by atoms with Crippen LogP contribution >= 0.6 is 0 Å².